The van der Waals surface area contributed by atoms with Crippen LogP contribution in [0.3, 0.4) is 0 Å². The first kappa shape index (κ1) is 11.9. The third-order valence-corrected chi connectivity index (χ3v) is 3.50. The van der Waals surface area contributed by atoms with Gasteiger partial charge in [0.1, 0.15) is 0 Å². The van der Waals surface area contributed by atoms with Gasteiger partial charge in [-0.3, -0.25) is 4.90 Å². The highest BCUT2D eigenvalue weighted by Gasteiger charge is 2.32. The van der Waals surface area contributed by atoms with Crippen molar-refractivity contribution >= 4 is 5.95 Å². The van der Waals surface area contributed by atoms with Crippen molar-refractivity contribution < 1.29 is 4.74 Å². The van der Waals surface area contributed by atoms with Gasteiger partial charge in [0.25, 0.3) is 0 Å². The summed E-state index contributed by atoms with van der Waals surface area (Å²) < 4.78 is 5.77. The van der Waals surface area contributed by atoms with Crippen molar-refractivity contribution in [3.8, 4) is 0 Å². The minimum Gasteiger partial charge on any atom is -0.374 e. The number of anilines is 1. The van der Waals surface area contributed by atoms with Gasteiger partial charge in [-0.25, -0.2) is 9.97 Å². The molecule has 1 aliphatic heterocycles. The van der Waals surface area contributed by atoms with Crippen LogP contribution in [0.25, 0.3) is 0 Å². The molecule has 5 heteroatoms. The normalized spacial score (nSPS) is 25.1. The Labute approximate surface area is 108 Å². The molecule has 1 atom stereocenters. The summed E-state index contributed by atoms with van der Waals surface area (Å²) in [6, 6.07) is 0.826. The topological polar surface area (TPSA) is 50.3 Å². The van der Waals surface area contributed by atoms with Crippen LogP contribution in [0.4, 0.5) is 5.95 Å². The van der Waals surface area contributed by atoms with E-state index >= 15 is 0 Å². The van der Waals surface area contributed by atoms with E-state index in [1.807, 2.05) is 19.3 Å². The van der Waals surface area contributed by atoms with Gasteiger partial charge in [0.15, 0.2) is 0 Å². The van der Waals surface area contributed by atoms with E-state index in [0.717, 1.165) is 37.8 Å². The summed E-state index contributed by atoms with van der Waals surface area (Å²) in [7, 11) is 0. The molecule has 0 radical (unpaired) electrons. The molecule has 1 saturated carbocycles. The third kappa shape index (κ3) is 2.97. The average molecular weight is 248 g/mol. The Morgan fingerprint density at radius 2 is 2.17 bits per heavy atom. The molecule has 98 valence electrons. The van der Waals surface area contributed by atoms with Crippen LogP contribution in [-0.4, -0.2) is 53.3 Å². The standard InChI is InChI=1S/C13H20N4O/c1-10-6-14-13(15-7-10)16-8-12-9-17(4-5-18-12)11-2-3-11/h6-7,11-12H,2-5,8-9H2,1H3,(H,14,15,16). The number of hydrogen-bond donors (Lipinski definition) is 1. The fourth-order valence-electron chi connectivity index (χ4n) is 2.33. The van der Waals surface area contributed by atoms with Gasteiger partial charge in [-0.15, -0.1) is 0 Å². The van der Waals surface area contributed by atoms with Gasteiger partial charge >= 0.3 is 0 Å². The van der Waals surface area contributed by atoms with Crippen molar-refractivity contribution in [3.63, 3.8) is 0 Å². The zero-order valence-electron chi connectivity index (χ0n) is 10.8. The molecule has 1 N–H and O–H groups in total. The van der Waals surface area contributed by atoms with E-state index in [0.29, 0.717) is 5.95 Å². The van der Waals surface area contributed by atoms with Crippen molar-refractivity contribution in [1.82, 2.24) is 14.9 Å². The lowest BCUT2D eigenvalue weighted by Crippen LogP contribution is -2.46. The van der Waals surface area contributed by atoms with Crippen LogP contribution >= 0.6 is 0 Å². The van der Waals surface area contributed by atoms with Gasteiger partial charge < -0.3 is 10.1 Å². The Morgan fingerprint density at radius 3 is 2.89 bits per heavy atom. The maximum atomic E-state index is 5.77. The quantitative estimate of drug-likeness (QED) is 0.863. The predicted molar refractivity (Wildman–Crippen MR) is 69.6 cm³/mol. The second-order valence-electron chi connectivity index (χ2n) is 5.18. The van der Waals surface area contributed by atoms with Crippen molar-refractivity contribution in [3.05, 3.63) is 18.0 Å². The summed E-state index contributed by atoms with van der Waals surface area (Å²) in [5.74, 6) is 0.688. The molecule has 0 spiro atoms. The Morgan fingerprint density at radius 1 is 1.39 bits per heavy atom. The summed E-state index contributed by atoms with van der Waals surface area (Å²) in [5, 5.41) is 3.25. The van der Waals surface area contributed by atoms with E-state index in [9.17, 15) is 0 Å². The first-order valence-electron chi connectivity index (χ1n) is 6.69. The highest BCUT2D eigenvalue weighted by atomic mass is 16.5. The lowest BCUT2D eigenvalue weighted by Gasteiger charge is -2.33. The largest absolute Gasteiger partial charge is 0.374 e. The maximum absolute atomic E-state index is 5.77. The number of hydrogen-bond acceptors (Lipinski definition) is 5. The monoisotopic (exact) mass is 248 g/mol. The number of aryl methyl sites for hydroxylation is 1. The van der Waals surface area contributed by atoms with Crippen LogP contribution in [0, 0.1) is 6.92 Å². The van der Waals surface area contributed by atoms with Crippen LogP contribution in [0.15, 0.2) is 12.4 Å². The van der Waals surface area contributed by atoms with E-state index in [-0.39, 0.29) is 6.10 Å². The van der Waals surface area contributed by atoms with E-state index in [2.05, 4.69) is 20.2 Å². The Bertz CT molecular complexity index is 390. The minimum absolute atomic E-state index is 0.254. The molecule has 2 aliphatic rings. The smallest absolute Gasteiger partial charge is 0.222 e. The van der Waals surface area contributed by atoms with Gasteiger partial charge in [0, 0.05) is 38.1 Å². The molecule has 1 aromatic rings. The second-order valence-corrected chi connectivity index (χ2v) is 5.18. The number of nitrogens with zero attached hydrogens (tertiary/aromatic N) is 3. The Balaban J connectivity index is 1.48. The van der Waals surface area contributed by atoms with E-state index in [4.69, 9.17) is 4.74 Å². The molecule has 2 fully saturated rings. The minimum atomic E-state index is 0.254. The highest BCUT2D eigenvalue weighted by molar-refractivity contribution is 5.24. The fraction of sp³-hybridized carbons (Fsp3) is 0.692. The number of ether oxygens (including phenoxy) is 1. The van der Waals surface area contributed by atoms with Crippen LogP contribution in [-0.2, 0) is 4.74 Å². The summed E-state index contributed by atoms with van der Waals surface area (Å²) in [6.07, 6.45) is 6.63. The zero-order valence-corrected chi connectivity index (χ0v) is 10.8. The van der Waals surface area contributed by atoms with Gasteiger partial charge in [0.05, 0.1) is 12.7 Å². The average Bonchev–Trinajstić information content (AvgIpc) is 3.23. The summed E-state index contributed by atoms with van der Waals surface area (Å²) >= 11 is 0. The first-order chi connectivity index (χ1) is 8.81. The molecule has 18 heavy (non-hydrogen) atoms. The number of aromatic nitrogens is 2. The molecule has 0 aromatic carbocycles. The molecule has 0 bridgehead atoms. The fourth-order valence-corrected chi connectivity index (χ4v) is 2.33. The van der Waals surface area contributed by atoms with Gasteiger partial charge in [-0.1, -0.05) is 0 Å². The molecule has 1 aromatic heterocycles. The van der Waals surface area contributed by atoms with Crippen LogP contribution in [0.5, 0.6) is 0 Å². The number of rotatable bonds is 4. The van der Waals surface area contributed by atoms with E-state index in [1.165, 1.54) is 12.8 Å². The van der Waals surface area contributed by atoms with Crippen LogP contribution in [0.2, 0.25) is 0 Å². The number of morpholine rings is 1. The van der Waals surface area contributed by atoms with Crippen molar-refractivity contribution in [1.29, 1.82) is 0 Å². The summed E-state index contributed by atoms with van der Waals surface area (Å²) in [4.78, 5) is 11.0. The first-order valence-corrected chi connectivity index (χ1v) is 6.69. The molecular formula is C13H20N4O. The molecule has 2 heterocycles. The van der Waals surface area contributed by atoms with E-state index in [1.54, 1.807) is 0 Å². The Kier molecular flexibility index (Phi) is 3.43. The van der Waals surface area contributed by atoms with Gasteiger partial charge in [0.2, 0.25) is 5.95 Å². The lowest BCUT2D eigenvalue weighted by atomic mass is 10.2. The van der Waals surface area contributed by atoms with Crippen molar-refractivity contribution in [2.75, 3.05) is 31.6 Å². The van der Waals surface area contributed by atoms with Gasteiger partial charge in [-0.2, -0.15) is 0 Å². The number of nitrogens with one attached hydrogen (secondary N) is 1. The molecule has 1 aliphatic carbocycles. The van der Waals surface area contributed by atoms with Crippen molar-refractivity contribution in [2.24, 2.45) is 0 Å². The zero-order chi connectivity index (χ0) is 12.4. The molecule has 5 nitrogen and oxygen atoms in total. The van der Waals surface area contributed by atoms with Crippen LogP contribution < -0.4 is 5.32 Å². The van der Waals surface area contributed by atoms with Crippen LogP contribution in [0.1, 0.15) is 18.4 Å². The maximum Gasteiger partial charge on any atom is 0.222 e. The molecule has 1 saturated heterocycles. The SMILES string of the molecule is Cc1cnc(NCC2CN(C3CC3)CCO2)nc1. The second kappa shape index (κ2) is 5.20. The predicted octanol–water partition coefficient (Wildman–Crippen LogP) is 1.06. The van der Waals surface area contributed by atoms with Crippen molar-refractivity contribution in [2.45, 2.75) is 31.9 Å². The Hall–Kier alpha value is -1.20. The molecule has 0 amide bonds. The molecule has 3 rings (SSSR count). The van der Waals surface area contributed by atoms with E-state index < -0.39 is 0 Å². The molecule has 1 unspecified atom stereocenters. The summed E-state index contributed by atoms with van der Waals surface area (Å²) in [6.45, 7) is 5.73. The lowest BCUT2D eigenvalue weighted by molar-refractivity contribution is -0.0242. The molecular weight excluding hydrogens is 228 g/mol. The third-order valence-electron chi connectivity index (χ3n) is 3.50. The van der Waals surface area contributed by atoms with Gasteiger partial charge in [-0.05, 0) is 25.3 Å². The highest BCUT2D eigenvalue weighted by Crippen LogP contribution is 2.28. The summed E-state index contributed by atoms with van der Waals surface area (Å²) in [5.41, 5.74) is 1.08.